The molecule has 0 bridgehead atoms. The largest absolute Gasteiger partial charge is 0.369 e. The number of hydrazone groups is 1. The van der Waals surface area contributed by atoms with Gasteiger partial charge in [0, 0.05) is 23.7 Å². The van der Waals surface area contributed by atoms with E-state index in [0.29, 0.717) is 17.3 Å². The number of rotatable bonds is 4. The molecule has 2 heterocycles. The van der Waals surface area contributed by atoms with E-state index in [9.17, 15) is 0 Å². The number of guanidine groups is 1. The summed E-state index contributed by atoms with van der Waals surface area (Å²) in [5.74, 6) is 0.214. The van der Waals surface area contributed by atoms with Crippen LogP contribution in [0.25, 0.3) is 0 Å². The van der Waals surface area contributed by atoms with E-state index < -0.39 is 0 Å². The van der Waals surface area contributed by atoms with E-state index in [1.165, 1.54) is 0 Å². The number of nitrogens with one attached hydrogen (secondary N) is 1. The van der Waals surface area contributed by atoms with Crippen molar-refractivity contribution in [1.29, 1.82) is 0 Å². The zero-order chi connectivity index (χ0) is 15.1. The lowest BCUT2D eigenvalue weighted by molar-refractivity contribution is 0.957. The Morgan fingerprint density at radius 3 is 3.00 bits per heavy atom. The number of nitrogens with two attached hydrogens (primary N) is 1. The quantitative estimate of drug-likeness (QED) is 0.390. The van der Waals surface area contributed by atoms with Gasteiger partial charge < -0.3 is 5.73 Å². The summed E-state index contributed by atoms with van der Waals surface area (Å²) in [6.07, 6.45) is 4.98. The van der Waals surface area contributed by atoms with Crippen molar-refractivity contribution in [2.45, 2.75) is 13.5 Å². The minimum atomic E-state index is 0.214. The molecule has 0 aromatic carbocycles. The maximum atomic E-state index is 5.99. The Hall–Kier alpha value is -2.47. The molecule has 0 fully saturated rings. The van der Waals surface area contributed by atoms with Crippen LogP contribution in [0.1, 0.15) is 16.8 Å². The highest BCUT2D eigenvalue weighted by Gasteiger charge is 1.98. The van der Waals surface area contributed by atoms with Crippen molar-refractivity contribution < 1.29 is 0 Å². The molecule has 7 heteroatoms. The highest BCUT2D eigenvalue weighted by atomic mass is 35.5. The third-order valence-corrected chi connectivity index (χ3v) is 2.86. The number of nitrogens with zero attached hydrogens (tertiary/aromatic N) is 4. The number of aromatic nitrogens is 2. The first-order valence-corrected chi connectivity index (χ1v) is 6.64. The molecule has 0 atom stereocenters. The summed E-state index contributed by atoms with van der Waals surface area (Å²) in [6.45, 7) is 2.31. The lowest BCUT2D eigenvalue weighted by Crippen LogP contribution is -2.27. The molecule has 0 spiro atoms. The van der Waals surface area contributed by atoms with Gasteiger partial charge in [-0.15, -0.1) is 0 Å². The van der Waals surface area contributed by atoms with E-state index in [0.717, 1.165) is 11.3 Å². The molecule has 0 unspecified atom stereocenters. The standard InChI is InChI=1S/C14H15ClN6/c1-10-4-5-12(13(15)20-10)9-19-21-14(16)18-8-11-3-2-6-17-7-11/h2-7,9H,8H2,1H3,(H3,16,18,21)/b19-9+. The fraction of sp³-hybridized carbons (Fsp3) is 0.143. The topological polar surface area (TPSA) is 88.5 Å². The Bertz CT molecular complexity index is 654. The summed E-state index contributed by atoms with van der Waals surface area (Å²) in [5.41, 5.74) is 10.9. The van der Waals surface area contributed by atoms with Gasteiger partial charge in [0.25, 0.3) is 0 Å². The predicted octanol–water partition coefficient (Wildman–Crippen LogP) is 1.88. The molecule has 2 aromatic rings. The maximum Gasteiger partial charge on any atom is 0.209 e. The van der Waals surface area contributed by atoms with Crippen LogP contribution in [0, 0.1) is 6.92 Å². The molecule has 108 valence electrons. The van der Waals surface area contributed by atoms with Crippen molar-refractivity contribution >= 4 is 23.8 Å². The fourth-order valence-corrected chi connectivity index (χ4v) is 1.75. The zero-order valence-electron chi connectivity index (χ0n) is 11.5. The fourth-order valence-electron chi connectivity index (χ4n) is 1.50. The van der Waals surface area contributed by atoms with Crippen LogP contribution in [0.15, 0.2) is 46.8 Å². The second-order valence-corrected chi connectivity index (χ2v) is 4.62. The van der Waals surface area contributed by atoms with Crippen molar-refractivity contribution in [3.63, 3.8) is 0 Å². The monoisotopic (exact) mass is 302 g/mol. The van der Waals surface area contributed by atoms with Crippen LogP contribution in [0.4, 0.5) is 0 Å². The van der Waals surface area contributed by atoms with Gasteiger partial charge in [-0.2, -0.15) is 5.10 Å². The molecule has 0 radical (unpaired) electrons. The minimum absolute atomic E-state index is 0.214. The number of pyridine rings is 2. The van der Waals surface area contributed by atoms with Gasteiger partial charge in [-0.1, -0.05) is 17.7 Å². The first kappa shape index (κ1) is 14.9. The SMILES string of the molecule is Cc1ccc(/C=N/NC(N)=NCc2cccnc2)c(Cl)n1. The summed E-state index contributed by atoms with van der Waals surface area (Å²) in [4.78, 5) is 12.3. The van der Waals surface area contributed by atoms with E-state index in [1.807, 2.05) is 31.2 Å². The molecule has 0 saturated heterocycles. The lowest BCUT2D eigenvalue weighted by atomic mass is 10.3. The van der Waals surface area contributed by atoms with Crippen LogP contribution >= 0.6 is 11.6 Å². The van der Waals surface area contributed by atoms with Crippen molar-refractivity contribution in [3.05, 3.63) is 58.6 Å². The molecule has 6 nitrogen and oxygen atoms in total. The number of hydrogen-bond acceptors (Lipinski definition) is 4. The van der Waals surface area contributed by atoms with Crippen LogP contribution in [-0.4, -0.2) is 22.1 Å². The summed E-state index contributed by atoms with van der Waals surface area (Å²) < 4.78 is 0. The average molecular weight is 303 g/mol. The van der Waals surface area contributed by atoms with Gasteiger partial charge in [-0.05, 0) is 30.7 Å². The number of aryl methyl sites for hydroxylation is 1. The van der Waals surface area contributed by atoms with Crippen LogP contribution < -0.4 is 11.2 Å². The normalized spacial score (nSPS) is 11.8. The molecule has 2 aromatic heterocycles. The third kappa shape index (κ3) is 4.85. The molecular weight excluding hydrogens is 288 g/mol. The van der Waals surface area contributed by atoms with Crippen molar-refractivity contribution in [1.82, 2.24) is 15.4 Å². The summed E-state index contributed by atoms with van der Waals surface area (Å²) in [5, 5.41) is 4.37. The molecule has 0 amide bonds. The Labute approximate surface area is 127 Å². The highest BCUT2D eigenvalue weighted by molar-refractivity contribution is 6.31. The van der Waals surface area contributed by atoms with Gasteiger partial charge in [-0.25, -0.2) is 15.4 Å². The predicted molar refractivity (Wildman–Crippen MR) is 84.3 cm³/mol. The molecule has 0 aliphatic carbocycles. The van der Waals surface area contributed by atoms with Crippen molar-refractivity contribution in [3.8, 4) is 0 Å². The van der Waals surface area contributed by atoms with Gasteiger partial charge in [-0.3, -0.25) is 4.98 Å². The Balaban J connectivity index is 1.91. The molecule has 0 aliphatic heterocycles. The summed E-state index contributed by atoms with van der Waals surface area (Å²) in [7, 11) is 0. The molecule has 2 rings (SSSR count). The maximum absolute atomic E-state index is 5.99. The number of hydrogen-bond donors (Lipinski definition) is 2. The van der Waals surface area contributed by atoms with Crippen molar-refractivity contribution in [2.24, 2.45) is 15.8 Å². The third-order valence-electron chi connectivity index (χ3n) is 2.55. The Morgan fingerprint density at radius 2 is 2.29 bits per heavy atom. The molecule has 3 N–H and O–H groups in total. The van der Waals surface area contributed by atoms with Crippen LogP contribution in [0.2, 0.25) is 5.15 Å². The molecular formula is C14H15ClN6. The second-order valence-electron chi connectivity index (χ2n) is 4.27. The Kier molecular flexibility index (Phi) is 5.22. The van der Waals surface area contributed by atoms with Crippen LogP contribution in [0.5, 0.6) is 0 Å². The van der Waals surface area contributed by atoms with Gasteiger partial charge in [0.15, 0.2) is 0 Å². The summed E-state index contributed by atoms with van der Waals surface area (Å²) in [6, 6.07) is 7.45. The van der Waals surface area contributed by atoms with E-state index >= 15 is 0 Å². The molecule has 0 saturated carbocycles. The molecule has 21 heavy (non-hydrogen) atoms. The van der Waals surface area contributed by atoms with Crippen LogP contribution in [0.3, 0.4) is 0 Å². The zero-order valence-corrected chi connectivity index (χ0v) is 12.2. The van der Waals surface area contributed by atoms with Gasteiger partial charge in [0.05, 0.1) is 12.8 Å². The van der Waals surface area contributed by atoms with E-state index in [1.54, 1.807) is 18.6 Å². The average Bonchev–Trinajstić information content (AvgIpc) is 2.48. The van der Waals surface area contributed by atoms with Gasteiger partial charge in [0.1, 0.15) is 5.15 Å². The van der Waals surface area contributed by atoms with Gasteiger partial charge >= 0.3 is 0 Å². The first-order valence-electron chi connectivity index (χ1n) is 6.26. The summed E-state index contributed by atoms with van der Waals surface area (Å²) >= 11 is 5.99. The number of halogens is 1. The second kappa shape index (κ2) is 7.35. The minimum Gasteiger partial charge on any atom is -0.369 e. The van der Waals surface area contributed by atoms with E-state index in [-0.39, 0.29) is 5.96 Å². The van der Waals surface area contributed by atoms with Gasteiger partial charge in [0.2, 0.25) is 5.96 Å². The smallest absolute Gasteiger partial charge is 0.209 e. The van der Waals surface area contributed by atoms with Crippen LogP contribution in [-0.2, 0) is 6.54 Å². The molecule has 0 aliphatic rings. The first-order chi connectivity index (χ1) is 10.1. The van der Waals surface area contributed by atoms with Crippen molar-refractivity contribution in [2.75, 3.05) is 0 Å². The highest BCUT2D eigenvalue weighted by Crippen LogP contribution is 2.10. The lowest BCUT2D eigenvalue weighted by Gasteiger charge is -2.01. The van der Waals surface area contributed by atoms with E-state index in [2.05, 4.69) is 25.5 Å². The number of aliphatic imine (C=N–C) groups is 1. The van der Waals surface area contributed by atoms with E-state index in [4.69, 9.17) is 17.3 Å². The Morgan fingerprint density at radius 1 is 1.43 bits per heavy atom.